The summed E-state index contributed by atoms with van der Waals surface area (Å²) in [6.45, 7) is 1.70. The number of aromatic hydroxyl groups is 1. The normalized spacial score (nSPS) is 20.7. The summed E-state index contributed by atoms with van der Waals surface area (Å²) in [5.41, 5.74) is 2.22. The monoisotopic (exact) mass is 326 g/mol. The lowest BCUT2D eigenvalue weighted by Gasteiger charge is -2.27. The van der Waals surface area contributed by atoms with Crippen LogP contribution in [-0.4, -0.2) is 25.4 Å². The Labute approximate surface area is 144 Å². The number of hydrogen-bond donors (Lipinski definition) is 1. The summed E-state index contributed by atoms with van der Waals surface area (Å²) in [6.07, 6.45) is 4.97. The maximum Gasteiger partial charge on any atom is 0.119 e. The van der Waals surface area contributed by atoms with E-state index in [2.05, 4.69) is 12.1 Å². The average Bonchev–Trinajstić information content (AvgIpc) is 2.63. The van der Waals surface area contributed by atoms with Gasteiger partial charge in [0.15, 0.2) is 0 Å². The largest absolute Gasteiger partial charge is 0.508 e. The van der Waals surface area contributed by atoms with Crippen LogP contribution >= 0.6 is 0 Å². The molecule has 0 aliphatic heterocycles. The molecule has 0 amide bonds. The number of ether oxygens (including phenoxy) is 2. The van der Waals surface area contributed by atoms with E-state index in [1.165, 1.54) is 25.7 Å². The molecule has 0 heterocycles. The van der Waals surface area contributed by atoms with Crippen LogP contribution in [0.4, 0.5) is 0 Å². The van der Waals surface area contributed by atoms with Gasteiger partial charge < -0.3 is 14.6 Å². The average molecular weight is 326 g/mol. The minimum atomic E-state index is 0.291. The summed E-state index contributed by atoms with van der Waals surface area (Å²) in [5, 5.41) is 9.36. The van der Waals surface area contributed by atoms with Crippen LogP contribution in [0.25, 0.3) is 11.1 Å². The zero-order valence-corrected chi connectivity index (χ0v) is 14.3. The van der Waals surface area contributed by atoms with E-state index in [9.17, 15) is 5.11 Å². The molecule has 1 aliphatic rings. The first kappa shape index (κ1) is 16.8. The van der Waals surface area contributed by atoms with Crippen LogP contribution in [-0.2, 0) is 4.74 Å². The van der Waals surface area contributed by atoms with E-state index < -0.39 is 0 Å². The van der Waals surface area contributed by atoms with E-state index >= 15 is 0 Å². The molecular weight excluding hydrogens is 300 g/mol. The highest BCUT2D eigenvalue weighted by Gasteiger charge is 2.21. The smallest absolute Gasteiger partial charge is 0.119 e. The van der Waals surface area contributed by atoms with E-state index in [0.717, 1.165) is 36.0 Å². The Bertz CT molecular complexity index is 611. The summed E-state index contributed by atoms with van der Waals surface area (Å²) >= 11 is 0. The second kappa shape index (κ2) is 8.20. The second-order valence-electron chi connectivity index (χ2n) is 6.72. The Hall–Kier alpha value is -2.00. The molecule has 1 N–H and O–H groups in total. The molecule has 3 nitrogen and oxygen atoms in total. The van der Waals surface area contributed by atoms with Gasteiger partial charge in [0, 0.05) is 13.7 Å². The van der Waals surface area contributed by atoms with Crippen molar-refractivity contribution in [1.82, 2.24) is 0 Å². The Morgan fingerprint density at radius 2 is 1.29 bits per heavy atom. The number of phenolic OH excluding ortho intramolecular Hbond substituents is 1. The first-order chi connectivity index (χ1) is 11.7. The topological polar surface area (TPSA) is 38.7 Å². The molecule has 128 valence electrons. The molecule has 2 aromatic rings. The molecule has 0 saturated heterocycles. The van der Waals surface area contributed by atoms with Crippen molar-refractivity contribution < 1.29 is 14.6 Å². The van der Waals surface area contributed by atoms with Crippen LogP contribution in [0.5, 0.6) is 11.5 Å². The van der Waals surface area contributed by atoms with Crippen LogP contribution in [0.15, 0.2) is 48.5 Å². The highest BCUT2D eigenvalue weighted by molar-refractivity contribution is 5.64. The Balaban J connectivity index is 1.49. The van der Waals surface area contributed by atoms with Gasteiger partial charge >= 0.3 is 0 Å². The molecule has 24 heavy (non-hydrogen) atoms. The predicted octanol–water partition coefficient (Wildman–Crippen LogP) is 4.89. The van der Waals surface area contributed by atoms with Crippen molar-refractivity contribution in [3.05, 3.63) is 48.5 Å². The molecule has 1 saturated carbocycles. The van der Waals surface area contributed by atoms with Gasteiger partial charge in [0.1, 0.15) is 11.5 Å². The lowest BCUT2D eigenvalue weighted by Crippen LogP contribution is -2.22. The Morgan fingerprint density at radius 1 is 0.792 bits per heavy atom. The van der Waals surface area contributed by atoms with Crippen molar-refractivity contribution in [1.29, 1.82) is 0 Å². The third-order valence-electron chi connectivity index (χ3n) is 4.91. The first-order valence-corrected chi connectivity index (χ1v) is 8.76. The molecule has 3 rings (SSSR count). The third-order valence-corrected chi connectivity index (χ3v) is 4.91. The molecule has 1 aliphatic carbocycles. The molecule has 1 fully saturated rings. The molecule has 0 unspecified atom stereocenters. The van der Waals surface area contributed by atoms with Gasteiger partial charge in [-0.05, 0) is 72.9 Å². The van der Waals surface area contributed by atoms with Crippen LogP contribution < -0.4 is 4.74 Å². The molecule has 3 heteroatoms. The highest BCUT2D eigenvalue weighted by atomic mass is 16.5. The van der Waals surface area contributed by atoms with E-state index in [0.29, 0.717) is 11.7 Å². The fraction of sp³-hybridized carbons (Fsp3) is 0.429. The highest BCUT2D eigenvalue weighted by Crippen LogP contribution is 2.30. The number of hydrogen-bond acceptors (Lipinski definition) is 3. The van der Waals surface area contributed by atoms with E-state index in [-0.39, 0.29) is 0 Å². The van der Waals surface area contributed by atoms with Crippen molar-refractivity contribution >= 4 is 0 Å². The van der Waals surface area contributed by atoms with Gasteiger partial charge in [0.2, 0.25) is 0 Å². The van der Waals surface area contributed by atoms with E-state index in [1.54, 1.807) is 19.2 Å². The van der Waals surface area contributed by atoms with Crippen molar-refractivity contribution in [2.75, 3.05) is 20.3 Å². The molecule has 0 atom stereocenters. The van der Waals surface area contributed by atoms with Gasteiger partial charge in [0.05, 0.1) is 6.61 Å². The molecule has 0 radical (unpaired) electrons. The fourth-order valence-electron chi connectivity index (χ4n) is 3.41. The maximum atomic E-state index is 9.36. The van der Waals surface area contributed by atoms with Gasteiger partial charge in [-0.25, -0.2) is 0 Å². The van der Waals surface area contributed by atoms with Crippen LogP contribution in [0.2, 0.25) is 0 Å². The van der Waals surface area contributed by atoms with Crippen LogP contribution in [0.3, 0.4) is 0 Å². The molecule has 0 spiro atoms. The quantitative estimate of drug-likeness (QED) is 0.821. The van der Waals surface area contributed by atoms with E-state index in [1.807, 2.05) is 24.3 Å². The van der Waals surface area contributed by atoms with Gasteiger partial charge in [-0.2, -0.15) is 0 Å². The Morgan fingerprint density at radius 3 is 1.83 bits per heavy atom. The lowest BCUT2D eigenvalue weighted by atomic mass is 9.83. The van der Waals surface area contributed by atoms with Gasteiger partial charge in [-0.15, -0.1) is 0 Å². The molecule has 0 bridgehead atoms. The fourth-order valence-corrected chi connectivity index (χ4v) is 3.41. The maximum absolute atomic E-state index is 9.36. The molecule has 2 aromatic carbocycles. The number of rotatable bonds is 6. The molecular formula is C21H26O3. The summed E-state index contributed by atoms with van der Waals surface area (Å²) in [5.74, 6) is 2.61. The van der Waals surface area contributed by atoms with E-state index in [4.69, 9.17) is 9.47 Å². The van der Waals surface area contributed by atoms with Crippen LogP contribution in [0.1, 0.15) is 25.7 Å². The Kier molecular flexibility index (Phi) is 5.76. The SMILES string of the molecule is COCC1CCC(COc2ccc(-c3ccc(O)cc3)cc2)CC1. The minimum Gasteiger partial charge on any atom is -0.508 e. The predicted molar refractivity (Wildman–Crippen MR) is 96.4 cm³/mol. The van der Waals surface area contributed by atoms with Crippen LogP contribution in [0, 0.1) is 11.8 Å². The van der Waals surface area contributed by atoms with Gasteiger partial charge in [-0.3, -0.25) is 0 Å². The second-order valence-corrected chi connectivity index (χ2v) is 6.72. The molecule has 0 aromatic heterocycles. The summed E-state index contributed by atoms with van der Waals surface area (Å²) in [6, 6.07) is 15.4. The summed E-state index contributed by atoms with van der Waals surface area (Å²) in [4.78, 5) is 0. The van der Waals surface area contributed by atoms with Gasteiger partial charge in [-0.1, -0.05) is 24.3 Å². The standard InChI is InChI=1S/C21H26O3/c1-23-14-16-2-4-17(5-3-16)15-24-21-12-8-19(9-13-21)18-6-10-20(22)11-7-18/h6-13,16-17,22H,2-5,14-15H2,1H3. The van der Waals surface area contributed by atoms with Crippen molar-refractivity contribution in [2.45, 2.75) is 25.7 Å². The first-order valence-electron chi connectivity index (χ1n) is 8.76. The van der Waals surface area contributed by atoms with Crippen molar-refractivity contribution in [2.24, 2.45) is 11.8 Å². The van der Waals surface area contributed by atoms with Gasteiger partial charge in [0.25, 0.3) is 0 Å². The van der Waals surface area contributed by atoms with Crippen molar-refractivity contribution in [3.8, 4) is 22.6 Å². The van der Waals surface area contributed by atoms with Crippen molar-refractivity contribution in [3.63, 3.8) is 0 Å². The minimum absolute atomic E-state index is 0.291. The zero-order chi connectivity index (χ0) is 16.8. The number of phenols is 1. The third kappa shape index (κ3) is 4.51. The lowest BCUT2D eigenvalue weighted by molar-refractivity contribution is 0.106. The zero-order valence-electron chi connectivity index (χ0n) is 14.3. The number of methoxy groups -OCH3 is 1. The summed E-state index contributed by atoms with van der Waals surface area (Å²) in [7, 11) is 1.79. The number of benzene rings is 2. The summed E-state index contributed by atoms with van der Waals surface area (Å²) < 4.78 is 11.2.